The molecule has 3 heteroatoms. The zero-order valence-electron chi connectivity index (χ0n) is 12.9. The van der Waals surface area contributed by atoms with Crippen LogP contribution >= 0.6 is 0 Å². The molecule has 0 spiro atoms. The van der Waals surface area contributed by atoms with Gasteiger partial charge in [0, 0.05) is 0 Å². The summed E-state index contributed by atoms with van der Waals surface area (Å²) in [6, 6.07) is 0. The van der Waals surface area contributed by atoms with Crippen LogP contribution in [0.1, 0.15) is 40.5 Å². The predicted octanol–water partition coefficient (Wildman–Crippen LogP) is 4.62. The molecule has 0 N–H and O–H groups in total. The molecule has 0 aliphatic heterocycles. The normalized spacial score (nSPS) is 17.9. The second-order valence-corrected chi connectivity index (χ2v) is 7.74. The van der Waals surface area contributed by atoms with Crippen molar-refractivity contribution in [3.63, 3.8) is 0 Å². The highest BCUT2D eigenvalue weighted by atomic mass is 28.4. The first-order valence-corrected chi connectivity index (χ1v) is 8.70. The monoisotopic (exact) mass is 280 g/mol. The zero-order valence-corrected chi connectivity index (χ0v) is 13.9. The van der Waals surface area contributed by atoms with Crippen molar-refractivity contribution in [1.29, 1.82) is 0 Å². The van der Waals surface area contributed by atoms with E-state index in [1.165, 1.54) is 0 Å². The van der Waals surface area contributed by atoms with E-state index < -0.39 is 19.8 Å². The third-order valence-electron chi connectivity index (χ3n) is 3.62. The summed E-state index contributed by atoms with van der Waals surface area (Å²) < 4.78 is 12.5. The lowest BCUT2D eigenvalue weighted by Gasteiger charge is -2.40. The van der Waals surface area contributed by atoms with Crippen LogP contribution in [0.25, 0.3) is 0 Å². The van der Waals surface area contributed by atoms with Gasteiger partial charge in [-0.15, -0.1) is 26.3 Å². The predicted molar refractivity (Wildman–Crippen MR) is 86.1 cm³/mol. The summed E-state index contributed by atoms with van der Waals surface area (Å²) in [5.41, 5.74) is 2.64. The Labute approximate surface area is 119 Å². The van der Waals surface area contributed by atoms with Crippen molar-refractivity contribution >= 4 is 8.56 Å². The molecule has 2 unspecified atom stereocenters. The van der Waals surface area contributed by atoms with Crippen LogP contribution in [0.4, 0.5) is 0 Å². The number of hydrogen-bond donors (Lipinski definition) is 0. The van der Waals surface area contributed by atoms with Crippen LogP contribution in [-0.4, -0.2) is 19.8 Å². The maximum Gasteiger partial charge on any atom is 0.392 e. The van der Waals surface area contributed by atoms with E-state index in [4.69, 9.17) is 8.85 Å². The molecule has 0 bridgehead atoms. The molecule has 0 aliphatic carbocycles. The first-order valence-electron chi connectivity index (χ1n) is 6.73. The highest BCUT2D eigenvalue weighted by molar-refractivity contribution is 6.77. The van der Waals surface area contributed by atoms with E-state index in [1.807, 2.05) is 26.0 Å². The highest BCUT2D eigenvalue weighted by Gasteiger charge is 2.42. The largest absolute Gasteiger partial charge is 0.392 e. The Balaban J connectivity index is 5.38. The standard InChI is InChI=1S/C16H28O2Si/c1-9-15(7,10-2)17-19(13-5,14-6)18-16(8,11-3)12-4/h9,11,13-14H,1,3,5-6,10,12H2,2,4,7-8H3. The minimum Gasteiger partial charge on any atom is -0.379 e. The molecule has 2 nitrogen and oxygen atoms in total. The first kappa shape index (κ1) is 18.1. The summed E-state index contributed by atoms with van der Waals surface area (Å²) in [6.07, 6.45) is 5.24. The second-order valence-electron chi connectivity index (χ2n) is 5.07. The molecule has 19 heavy (non-hydrogen) atoms. The molecule has 108 valence electrons. The molecule has 0 amide bonds. The van der Waals surface area contributed by atoms with Gasteiger partial charge in [0.1, 0.15) is 0 Å². The van der Waals surface area contributed by atoms with E-state index in [0.29, 0.717) is 0 Å². The van der Waals surface area contributed by atoms with Crippen LogP contribution in [-0.2, 0) is 8.85 Å². The van der Waals surface area contributed by atoms with Gasteiger partial charge in [-0.1, -0.05) is 26.0 Å². The number of rotatable bonds is 10. The molecule has 0 fully saturated rings. The molecule has 0 aromatic carbocycles. The van der Waals surface area contributed by atoms with Crippen molar-refractivity contribution in [3.05, 3.63) is 49.9 Å². The SMILES string of the molecule is C=CC(C)(CC)O[Si](C=C)(C=C)OC(C)(C=C)CC. The molecule has 0 heterocycles. The van der Waals surface area contributed by atoms with Gasteiger partial charge in [-0.3, -0.25) is 0 Å². The van der Waals surface area contributed by atoms with Gasteiger partial charge < -0.3 is 8.85 Å². The molecule has 0 aromatic heterocycles. The third-order valence-corrected chi connectivity index (χ3v) is 6.33. The van der Waals surface area contributed by atoms with Gasteiger partial charge in [0.2, 0.25) is 0 Å². The topological polar surface area (TPSA) is 18.5 Å². The maximum absolute atomic E-state index is 6.24. The molecule has 0 radical (unpaired) electrons. The van der Waals surface area contributed by atoms with E-state index in [-0.39, 0.29) is 0 Å². The van der Waals surface area contributed by atoms with Gasteiger partial charge in [0.15, 0.2) is 0 Å². The lowest BCUT2D eigenvalue weighted by Crippen LogP contribution is -2.51. The van der Waals surface area contributed by atoms with Crippen LogP contribution in [0, 0.1) is 0 Å². The van der Waals surface area contributed by atoms with Crippen molar-refractivity contribution in [2.75, 3.05) is 0 Å². The van der Waals surface area contributed by atoms with Crippen molar-refractivity contribution < 1.29 is 8.85 Å². The summed E-state index contributed by atoms with van der Waals surface area (Å²) >= 11 is 0. The van der Waals surface area contributed by atoms with Crippen molar-refractivity contribution in [1.82, 2.24) is 0 Å². The average molecular weight is 280 g/mol. The van der Waals surface area contributed by atoms with Crippen LogP contribution in [0.15, 0.2) is 49.9 Å². The molecule has 0 saturated carbocycles. The Hall–Kier alpha value is -0.903. The Morgan fingerprint density at radius 2 is 1.16 bits per heavy atom. The lowest BCUT2D eigenvalue weighted by molar-refractivity contribution is 0.0341. The van der Waals surface area contributed by atoms with Crippen LogP contribution in [0.5, 0.6) is 0 Å². The molecule has 0 aromatic rings. The maximum atomic E-state index is 6.24. The minimum atomic E-state index is -2.71. The van der Waals surface area contributed by atoms with Crippen molar-refractivity contribution in [3.8, 4) is 0 Å². The molecule has 0 saturated heterocycles. The van der Waals surface area contributed by atoms with E-state index in [2.05, 4.69) is 40.2 Å². The molecule has 2 atom stereocenters. The van der Waals surface area contributed by atoms with E-state index >= 15 is 0 Å². The lowest BCUT2D eigenvalue weighted by atomic mass is 10.1. The fourth-order valence-corrected chi connectivity index (χ4v) is 3.97. The summed E-state index contributed by atoms with van der Waals surface area (Å²) in [4.78, 5) is 0. The number of hydrogen-bond acceptors (Lipinski definition) is 2. The Bertz CT molecular complexity index is 317. The van der Waals surface area contributed by atoms with Crippen LogP contribution in [0.3, 0.4) is 0 Å². The van der Waals surface area contributed by atoms with E-state index in [9.17, 15) is 0 Å². The third kappa shape index (κ3) is 4.60. The van der Waals surface area contributed by atoms with Crippen molar-refractivity contribution in [2.24, 2.45) is 0 Å². The van der Waals surface area contributed by atoms with Gasteiger partial charge in [-0.2, -0.15) is 0 Å². The van der Waals surface area contributed by atoms with Gasteiger partial charge in [-0.25, -0.2) is 0 Å². The highest BCUT2D eigenvalue weighted by Crippen LogP contribution is 2.30. The fourth-order valence-electron chi connectivity index (χ4n) is 1.52. The summed E-state index contributed by atoms with van der Waals surface area (Å²) in [5.74, 6) is 0. The van der Waals surface area contributed by atoms with Crippen LogP contribution in [0.2, 0.25) is 0 Å². The quantitative estimate of drug-likeness (QED) is 0.429. The molecule has 0 rings (SSSR count). The van der Waals surface area contributed by atoms with Crippen molar-refractivity contribution in [2.45, 2.75) is 51.7 Å². The van der Waals surface area contributed by atoms with Gasteiger partial charge in [0.05, 0.1) is 11.2 Å². The Kier molecular flexibility index (Phi) is 6.70. The molecular formula is C16H28O2Si. The second kappa shape index (κ2) is 7.03. The van der Waals surface area contributed by atoms with Gasteiger partial charge in [-0.05, 0) is 38.1 Å². The fraction of sp³-hybridized carbons (Fsp3) is 0.500. The molecule has 0 aliphatic rings. The van der Waals surface area contributed by atoms with E-state index in [0.717, 1.165) is 12.8 Å². The van der Waals surface area contributed by atoms with Gasteiger partial charge >= 0.3 is 8.56 Å². The summed E-state index contributed by atoms with van der Waals surface area (Å²) in [6.45, 7) is 23.6. The minimum absolute atomic E-state index is 0.440. The average Bonchev–Trinajstić information content (AvgIpc) is 2.46. The molecular weight excluding hydrogens is 252 g/mol. The smallest absolute Gasteiger partial charge is 0.379 e. The summed E-state index contributed by atoms with van der Waals surface area (Å²) in [5, 5.41) is 0. The van der Waals surface area contributed by atoms with E-state index in [1.54, 1.807) is 11.4 Å². The van der Waals surface area contributed by atoms with Gasteiger partial charge in [0.25, 0.3) is 0 Å². The zero-order chi connectivity index (χ0) is 15.2. The first-order chi connectivity index (χ1) is 8.78. The Morgan fingerprint density at radius 1 is 0.842 bits per heavy atom. The Morgan fingerprint density at radius 3 is 1.32 bits per heavy atom. The summed E-state index contributed by atoms with van der Waals surface area (Å²) in [7, 11) is -2.71. The van der Waals surface area contributed by atoms with Crippen LogP contribution < -0.4 is 0 Å².